The number of sulfonamides is 1. The summed E-state index contributed by atoms with van der Waals surface area (Å²) in [6, 6.07) is 0. The summed E-state index contributed by atoms with van der Waals surface area (Å²) < 4.78 is 29.5. The summed E-state index contributed by atoms with van der Waals surface area (Å²) in [5.74, 6) is -0.221. The predicted octanol–water partition coefficient (Wildman–Crippen LogP) is -0.875. The van der Waals surface area contributed by atoms with Crippen molar-refractivity contribution < 1.29 is 17.9 Å². The molecule has 1 aliphatic rings. The number of rotatable bonds is 2. The fourth-order valence-corrected chi connectivity index (χ4v) is 2.61. The highest BCUT2D eigenvalue weighted by molar-refractivity contribution is 7.88. The normalized spacial score (nSPS) is 27.8. The van der Waals surface area contributed by atoms with Crippen molar-refractivity contribution in [3.63, 3.8) is 0 Å². The molecule has 0 unspecified atom stereocenters. The summed E-state index contributed by atoms with van der Waals surface area (Å²) in [5.41, 5.74) is -1.08. The van der Waals surface area contributed by atoms with Gasteiger partial charge in [-0.15, -0.1) is 0 Å². The summed E-state index contributed by atoms with van der Waals surface area (Å²) in [4.78, 5) is 13.3. The number of amides is 1. The van der Waals surface area contributed by atoms with Gasteiger partial charge >= 0.3 is 0 Å². The van der Waals surface area contributed by atoms with E-state index in [1.807, 2.05) is 0 Å². The molecule has 1 aliphatic heterocycles. The van der Waals surface area contributed by atoms with E-state index < -0.39 is 15.6 Å². The topological polar surface area (TPSA) is 66.9 Å². The minimum absolute atomic E-state index is 0.0723. The molecule has 0 saturated carbocycles. The van der Waals surface area contributed by atoms with Crippen molar-refractivity contribution >= 4 is 15.9 Å². The van der Waals surface area contributed by atoms with Crippen molar-refractivity contribution in [2.45, 2.75) is 12.5 Å². The van der Waals surface area contributed by atoms with E-state index in [1.54, 1.807) is 21.0 Å². The van der Waals surface area contributed by atoms with Gasteiger partial charge in [-0.3, -0.25) is 4.79 Å². The first-order valence-corrected chi connectivity index (χ1v) is 6.82. The van der Waals surface area contributed by atoms with Gasteiger partial charge in [0.2, 0.25) is 10.0 Å². The zero-order valence-corrected chi connectivity index (χ0v) is 10.9. The van der Waals surface area contributed by atoms with Crippen molar-refractivity contribution in [3.05, 3.63) is 0 Å². The molecule has 6 nitrogen and oxygen atoms in total. The van der Waals surface area contributed by atoms with Gasteiger partial charge in [-0.05, 0) is 6.92 Å². The maximum Gasteiger partial charge on any atom is 0.255 e. The minimum atomic E-state index is -3.27. The highest BCUT2D eigenvalue weighted by Crippen LogP contribution is 2.21. The average molecular weight is 250 g/mol. The van der Waals surface area contributed by atoms with Gasteiger partial charge in [-0.2, -0.15) is 4.31 Å². The second-order valence-electron chi connectivity index (χ2n) is 4.38. The lowest BCUT2D eigenvalue weighted by Crippen LogP contribution is -2.58. The second-order valence-corrected chi connectivity index (χ2v) is 6.36. The Morgan fingerprint density at radius 2 is 2.00 bits per heavy atom. The summed E-state index contributed by atoms with van der Waals surface area (Å²) in [5, 5.41) is 0. The number of hydrogen-bond donors (Lipinski definition) is 0. The number of ether oxygens (including phenoxy) is 1. The summed E-state index contributed by atoms with van der Waals surface area (Å²) >= 11 is 0. The minimum Gasteiger partial charge on any atom is -0.363 e. The third kappa shape index (κ3) is 2.72. The van der Waals surface area contributed by atoms with Crippen LogP contribution in [0, 0.1) is 0 Å². The molecule has 1 amide bonds. The lowest BCUT2D eigenvalue weighted by Gasteiger charge is -2.39. The Morgan fingerprint density at radius 3 is 2.44 bits per heavy atom. The van der Waals surface area contributed by atoms with E-state index >= 15 is 0 Å². The molecule has 1 heterocycles. The van der Waals surface area contributed by atoms with Gasteiger partial charge in [0.05, 0.1) is 19.4 Å². The van der Waals surface area contributed by atoms with E-state index in [1.165, 1.54) is 9.21 Å². The van der Waals surface area contributed by atoms with Gasteiger partial charge in [0.15, 0.2) is 5.60 Å². The molecule has 16 heavy (non-hydrogen) atoms. The van der Waals surface area contributed by atoms with Gasteiger partial charge in [0.1, 0.15) is 0 Å². The zero-order valence-electron chi connectivity index (χ0n) is 10.1. The average Bonchev–Trinajstić information content (AvgIpc) is 2.15. The molecule has 0 aromatic heterocycles. The van der Waals surface area contributed by atoms with Crippen LogP contribution >= 0.6 is 0 Å². The Balaban J connectivity index is 2.88. The largest absolute Gasteiger partial charge is 0.363 e. The van der Waals surface area contributed by atoms with Gasteiger partial charge in [-0.1, -0.05) is 0 Å². The van der Waals surface area contributed by atoms with Crippen LogP contribution in [0.5, 0.6) is 0 Å². The van der Waals surface area contributed by atoms with Crippen LogP contribution in [0.15, 0.2) is 0 Å². The van der Waals surface area contributed by atoms with Crippen molar-refractivity contribution in [2.75, 3.05) is 40.0 Å². The quantitative estimate of drug-likeness (QED) is 0.638. The molecular formula is C9H18N2O4S. The number of morpholine rings is 1. The van der Waals surface area contributed by atoms with E-state index in [0.29, 0.717) is 6.54 Å². The van der Waals surface area contributed by atoms with E-state index in [9.17, 15) is 13.2 Å². The third-order valence-corrected chi connectivity index (χ3v) is 3.82. The monoisotopic (exact) mass is 250 g/mol. The first-order chi connectivity index (χ1) is 7.17. The molecule has 0 bridgehead atoms. The molecule has 0 aromatic carbocycles. The standard InChI is InChI=1S/C9H18N2O4S/c1-9(8(12)10(2)3)7-11(5-6-15-9)16(4,13)14/h5-7H2,1-4H3/t9-/m0/s1. The lowest BCUT2D eigenvalue weighted by atomic mass is 10.0. The number of carbonyl (C=O) groups excluding carboxylic acids is 1. The number of hydrogen-bond acceptors (Lipinski definition) is 4. The van der Waals surface area contributed by atoms with Crippen LogP contribution in [-0.4, -0.2) is 69.2 Å². The first kappa shape index (κ1) is 13.4. The molecule has 1 fully saturated rings. The zero-order chi connectivity index (χ0) is 12.6. The molecule has 94 valence electrons. The smallest absolute Gasteiger partial charge is 0.255 e. The fraction of sp³-hybridized carbons (Fsp3) is 0.889. The van der Waals surface area contributed by atoms with Crippen molar-refractivity contribution in [2.24, 2.45) is 0 Å². The van der Waals surface area contributed by atoms with Crippen LogP contribution in [0.2, 0.25) is 0 Å². The molecule has 0 spiro atoms. The molecule has 0 aliphatic carbocycles. The SMILES string of the molecule is CN(C)C(=O)[C@]1(C)CN(S(C)(=O)=O)CCO1. The van der Waals surface area contributed by atoms with E-state index in [4.69, 9.17) is 4.74 Å². The molecule has 0 N–H and O–H groups in total. The molecule has 7 heteroatoms. The van der Waals surface area contributed by atoms with E-state index in [0.717, 1.165) is 6.26 Å². The predicted molar refractivity (Wildman–Crippen MR) is 59.5 cm³/mol. The van der Waals surface area contributed by atoms with Crippen LogP contribution in [-0.2, 0) is 19.6 Å². The van der Waals surface area contributed by atoms with E-state index in [2.05, 4.69) is 0 Å². The number of likely N-dealkylation sites (N-methyl/N-ethyl adjacent to an activating group) is 1. The van der Waals surface area contributed by atoms with Gasteiger partial charge in [0.25, 0.3) is 5.91 Å². The molecule has 1 rings (SSSR count). The Hall–Kier alpha value is -0.660. The molecule has 1 atom stereocenters. The highest BCUT2D eigenvalue weighted by atomic mass is 32.2. The Morgan fingerprint density at radius 1 is 1.44 bits per heavy atom. The van der Waals surface area contributed by atoms with Crippen LogP contribution in [0.3, 0.4) is 0 Å². The van der Waals surface area contributed by atoms with Gasteiger partial charge in [-0.25, -0.2) is 8.42 Å². The van der Waals surface area contributed by atoms with Crippen LogP contribution in [0.4, 0.5) is 0 Å². The highest BCUT2D eigenvalue weighted by Gasteiger charge is 2.42. The van der Waals surface area contributed by atoms with Crippen LogP contribution in [0.25, 0.3) is 0 Å². The Labute approximate surface area is 96.2 Å². The lowest BCUT2D eigenvalue weighted by molar-refractivity contribution is -0.160. The first-order valence-electron chi connectivity index (χ1n) is 4.98. The van der Waals surface area contributed by atoms with Crippen LogP contribution < -0.4 is 0 Å². The van der Waals surface area contributed by atoms with Crippen LogP contribution in [0.1, 0.15) is 6.92 Å². The Bertz CT molecular complexity index is 379. The molecular weight excluding hydrogens is 232 g/mol. The van der Waals surface area contributed by atoms with Crippen molar-refractivity contribution in [3.8, 4) is 0 Å². The summed E-state index contributed by atoms with van der Waals surface area (Å²) in [7, 11) is -0.0308. The van der Waals surface area contributed by atoms with E-state index in [-0.39, 0.29) is 19.1 Å². The van der Waals surface area contributed by atoms with Crippen molar-refractivity contribution in [1.29, 1.82) is 0 Å². The number of nitrogens with zero attached hydrogens (tertiary/aromatic N) is 2. The molecule has 0 aromatic rings. The summed E-state index contributed by atoms with van der Waals surface area (Å²) in [6.07, 6.45) is 1.14. The maximum absolute atomic E-state index is 11.9. The van der Waals surface area contributed by atoms with Crippen molar-refractivity contribution in [1.82, 2.24) is 9.21 Å². The maximum atomic E-state index is 11.9. The molecule has 1 saturated heterocycles. The van der Waals surface area contributed by atoms with Gasteiger partial charge < -0.3 is 9.64 Å². The fourth-order valence-electron chi connectivity index (χ4n) is 1.72. The van der Waals surface area contributed by atoms with Gasteiger partial charge in [0, 0.05) is 20.6 Å². The summed E-state index contributed by atoms with van der Waals surface area (Å²) in [6.45, 7) is 2.23. The Kier molecular flexibility index (Phi) is 3.61. The number of carbonyl (C=O) groups is 1. The third-order valence-electron chi connectivity index (χ3n) is 2.57. The molecule has 0 radical (unpaired) electrons. The second kappa shape index (κ2) is 4.31.